The Bertz CT molecular complexity index is 677. The van der Waals surface area contributed by atoms with Crippen LogP contribution in [0.15, 0.2) is 53.2 Å². The minimum absolute atomic E-state index is 0.211. The van der Waals surface area contributed by atoms with Crippen molar-refractivity contribution in [1.82, 2.24) is 5.32 Å². The quantitative estimate of drug-likeness (QED) is 0.650. The minimum Gasteiger partial charge on any atom is -0.465 e. The van der Waals surface area contributed by atoms with Crippen LogP contribution in [-0.4, -0.2) is 18.5 Å². The molecule has 1 heterocycles. The van der Waals surface area contributed by atoms with Gasteiger partial charge < -0.3 is 14.5 Å². The standard InChI is InChI=1S/C17H16ClNO4/c1-12(13-4-6-14(18)7-5-13)19-16(20)11-23-17(21)9-8-15-3-2-10-22-15/h2-10,12H,11H2,1H3,(H,19,20)/b9-8+/t12-/m0/s1. The number of carbonyl (C=O) groups excluding carboxylic acids is 2. The van der Waals surface area contributed by atoms with Gasteiger partial charge in [-0.15, -0.1) is 0 Å². The molecule has 1 atom stereocenters. The molecule has 0 spiro atoms. The molecule has 2 rings (SSSR count). The van der Waals surface area contributed by atoms with Gasteiger partial charge in [0.05, 0.1) is 12.3 Å². The predicted molar refractivity (Wildman–Crippen MR) is 86.7 cm³/mol. The molecule has 0 saturated heterocycles. The van der Waals surface area contributed by atoms with E-state index >= 15 is 0 Å². The van der Waals surface area contributed by atoms with E-state index in [1.165, 1.54) is 18.4 Å². The molecular weight excluding hydrogens is 318 g/mol. The van der Waals surface area contributed by atoms with Gasteiger partial charge in [-0.1, -0.05) is 23.7 Å². The largest absolute Gasteiger partial charge is 0.465 e. The van der Waals surface area contributed by atoms with Crippen molar-refractivity contribution < 1.29 is 18.7 Å². The molecule has 1 aromatic carbocycles. The lowest BCUT2D eigenvalue weighted by molar-refractivity contribution is -0.144. The van der Waals surface area contributed by atoms with E-state index < -0.39 is 5.97 Å². The monoisotopic (exact) mass is 333 g/mol. The average Bonchev–Trinajstić information content (AvgIpc) is 3.05. The fourth-order valence-corrected chi connectivity index (χ4v) is 1.96. The summed E-state index contributed by atoms with van der Waals surface area (Å²) in [5, 5.41) is 3.37. The zero-order valence-electron chi connectivity index (χ0n) is 12.5. The van der Waals surface area contributed by atoms with Crippen LogP contribution < -0.4 is 5.32 Å². The summed E-state index contributed by atoms with van der Waals surface area (Å²) in [6.07, 6.45) is 4.17. The summed E-state index contributed by atoms with van der Waals surface area (Å²) in [5.41, 5.74) is 0.909. The first-order chi connectivity index (χ1) is 11.0. The van der Waals surface area contributed by atoms with Gasteiger partial charge in [-0.3, -0.25) is 4.79 Å². The summed E-state index contributed by atoms with van der Waals surface area (Å²) in [7, 11) is 0. The highest BCUT2D eigenvalue weighted by molar-refractivity contribution is 6.30. The molecule has 0 radical (unpaired) electrons. The lowest BCUT2D eigenvalue weighted by Gasteiger charge is -2.14. The first-order valence-corrected chi connectivity index (χ1v) is 7.35. The lowest BCUT2D eigenvalue weighted by Crippen LogP contribution is -2.30. The minimum atomic E-state index is -0.615. The van der Waals surface area contributed by atoms with Crippen molar-refractivity contribution in [3.8, 4) is 0 Å². The topological polar surface area (TPSA) is 68.5 Å². The Labute approximate surface area is 138 Å². The number of nitrogens with one attached hydrogen (secondary N) is 1. The van der Waals surface area contributed by atoms with Gasteiger partial charge in [0.15, 0.2) is 6.61 Å². The fraction of sp³-hybridized carbons (Fsp3) is 0.176. The third-order valence-electron chi connectivity index (χ3n) is 3.02. The summed E-state index contributed by atoms with van der Waals surface area (Å²) < 4.78 is 9.89. The van der Waals surface area contributed by atoms with Crippen molar-refractivity contribution in [3.05, 3.63) is 65.1 Å². The molecule has 2 aromatic rings. The van der Waals surface area contributed by atoms with Crippen LogP contribution in [0.3, 0.4) is 0 Å². The zero-order valence-corrected chi connectivity index (χ0v) is 13.2. The van der Waals surface area contributed by atoms with Crippen molar-refractivity contribution in [2.75, 3.05) is 6.61 Å². The van der Waals surface area contributed by atoms with Crippen molar-refractivity contribution >= 4 is 29.6 Å². The third-order valence-corrected chi connectivity index (χ3v) is 3.27. The summed E-state index contributed by atoms with van der Waals surface area (Å²) in [6, 6.07) is 10.3. The van der Waals surface area contributed by atoms with E-state index in [-0.39, 0.29) is 18.6 Å². The van der Waals surface area contributed by atoms with Crippen LogP contribution in [0, 0.1) is 0 Å². The van der Waals surface area contributed by atoms with E-state index in [9.17, 15) is 9.59 Å². The number of rotatable bonds is 6. The summed E-state index contributed by atoms with van der Waals surface area (Å²) in [5.74, 6) is -0.467. The van der Waals surface area contributed by atoms with Crippen LogP contribution in [0.1, 0.15) is 24.3 Å². The average molecular weight is 334 g/mol. The highest BCUT2D eigenvalue weighted by atomic mass is 35.5. The number of amides is 1. The Morgan fingerprint density at radius 2 is 2.04 bits per heavy atom. The Balaban J connectivity index is 1.76. The van der Waals surface area contributed by atoms with Crippen LogP contribution in [-0.2, 0) is 14.3 Å². The van der Waals surface area contributed by atoms with E-state index in [0.717, 1.165) is 5.56 Å². The molecule has 0 aliphatic carbocycles. The number of ether oxygens (including phenoxy) is 1. The summed E-state index contributed by atoms with van der Waals surface area (Å²) in [4.78, 5) is 23.3. The molecule has 6 heteroatoms. The maximum atomic E-state index is 11.8. The van der Waals surface area contributed by atoms with Crippen LogP contribution in [0.25, 0.3) is 6.08 Å². The highest BCUT2D eigenvalue weighted by Gasteiger charge is 2.11. The van der Waals surface area contributed by atoms with Crippen molar-refractivity contribution in [2.24, 2.45) is 0 Å². The van der Waals surface area contributed by atoms with Crippen molar-refractivity contribution in [2.45, 2.75) is 13.0 Å². The van der Waals surface area contributed by atoms with Crippen molar-refractivity contribution in [1.29, 1.82) is 0 Å². The van der Waals surface area contributed by atoms with Gasteiger partial charge in [0, 0.05) is 11.1 Å². The molecule has 1 N–H and O–H groups in total. The molecule has 0 aliphatic rings. The zero-order chi connectivity index (χ0) is 16.7. The van der Waals surface area contributed by atoms with Gasteiger partial charge in [0.25, 0.3) is 5.91 Å². The molecule has 0 fully saturated rings. The van der Waals surface area contributed by atoms with Gasteiger partial charge in [-0.2, -0.15) is 0 Å². The maximum Gasteiger partial charge on any atom is 0.331 e. The first-order valence-electron chi connectivity index (χ1n) is 6.98. The van der Waals surface area contributed by atoms with Gasteiger partial charge >= 0.3 is 5.97 Å². The molecule has 0 aliphatic heterocycles. The Morgan fingerprint density at radius 3 is 2.70 bits per heavy atom. The van der Waals surface area contributed by atoms with Crippen LogP contribution in [0.2, 0.25) is 5.02 Å². The van der Waals surface area contributed by atoms with Crippen LogP contribution in [0.5, 0.6) is 0 Å². The second-order valence-corrected chi connectivity index (χ2v) is 5.23. The Morgan fingerprint density at radius 1 is 1.30 bits per heavy atom. The fourth-order valence-electron chi connectivity index (χ4n) is 1.84. The van der Waals surface area contributed by atoms with E-state index in [1.807, 2.05) is 19.1 Å². The number of halogens is 1. The van der Waals surface area contributed by atoms with Gasteiger partial charge in [0.1, 0.15) is 5.76 Å². The molecular formula is C17H16ClNO4. The highest BCUT2D eigenvalue weighted by Crippen LogP contribution is 2.15. The normalized spacial score (nSPS) is 12.1. The number of esters is 1. The SMILES string of the molecule is C[C@H](NC(=O)COC(=O)/C=C/c1ccco1)c1ccc(Cl)cc1. The molecule has 120 valence electrons. The number of benzene rings is 1. The number of hydrogen-bond acceptors (Lipinski definition) is 4. The predicted octanol–water partition coefficient (Wildman–Crippen LogP) is 3.37. The summed E-state index contributed by atoms with van der Waals surface area (Å²) >= 11 is 5.82. The van der Waals surface area contributed by atoms with Gasteiger partial charge in [-0.05, 0) is 42.8 Å². The van der Waals surface area contributed by atoms with Gasteiger partial charge in [-0.25, -0.2) is 4.79 Å². The van der Waals surface area contributed by atoms with Gasteiger partial charge in [0.2, 0.25) is 0 Å². The van der Waals surface area contributed by atoms with Crippen LogP contribution >= 0.6 is 11.6 Å². The first kappa shape index (κ1) is 16.8. The Hall–Kier alpha value is -2.53. The van der Waals surface area contributed by atoms with E-state index in [2.05, 4.69) is 5.32 Å². The summed E-state index contributed by atoms with van der Waals surface area (Å²) in [6.45, 7) is 1.49. The maximum absolute atomic E-state index is 11.8. The molecule has 23 heavy (non-hydrogen) atoms. The smallest absolute Gasteiger partial charge is 0.331 e. The molecule has 0 saturated carbocycles. The molecule has 5 nitrogen and oxygen atoms in total. The molecule has 1 amide bonds. The van der Waals surface area contributed by atoms with Crippen molar-refractivity contribution in [3.63, 3.8) is 0 Å². The van der Waals surface area contributed by atoms with E-state index in [0.29, 0.717) is 10.8 Å². The third kappa shape index (κ3) is 5.64. The number of carbonyl (C=O) groups is 2. The number of furan rings is 1. The second-order valence-electron chi connectivity index (χ2n) is 4.80. The number of hydrogen-bond donors (Lipinski definition) is 1. The molecule has 0 bridgehead atoms. The Kier molecular flexibility index (Phi) is 6.00. The molecule has 0 unspecified atom stereocenters. The van der Waals surface area contributed by atoms with Crippen LogP contribution in [0.4, 0.5) is 0 Å². The van der Waals surface area contributed by atoms with E-state index in [4.69, 9.17) is 20.8 Å². The molecule has 1 aromatic heterocycles. The van der Waals surface area contributed by atoms with E-state index in [1.54, 1.807) is 24.3 Å². The second kappa shape index (κ2) is 8.19. The lowest BCUT2D eigenvalue weighted by atomic mass is 10.1.